The van der Waals surface area contributed by atoms with Crippen LogP contribution < -0.4 is 0 Å². The molecule has 2 nitrogen and oxygen atoms in total. The summed E-state index contributed by atoms with van der Waals surface area (Å²) in [7, 11) is 0. The van der Waals surface area contributed by atoms with Crippen LogP contribution in [0.5, 0.6) is 0 Å². The predicted octanol–water partition coefficient (Wildman–Crippen LogP) is 2.87. The Morgan fingerprint density at radius 3 is 2.77 bits per heavy atom. The molecule has 13 heavy (non-hydrogen) atoms. The summed E-state index contributed by atoms with van der Waals surface area (Å²) < 4.78 is 6.09. The van der Waals surface area contributed by atoms with Crippen LogP contribution in [-0.4, -0.2) is 5.78 Å². The summed E-state index contributed by atoms with van der Waals surface area (Å²) in [5, 5.41) is 0. The van der Waals surface area contributed by atoms with Gasteiger partial charge >= 0.3 is 0 Å². The van der Waals surface area contributed by atoms with Gasteiger partial charge in [-0.15, -0.1) is 0 Å². The van der Waals surface area contributed by atoms with Gasteiger partial charge in [-0.25, -0.2) is 0 Å². The van der Waals surface area contributed by atoms with Crippen molar-refractivity contribution < 1.29 is 9.21 Å². The van der Waals surface area contributed by atoms with Crippen molar-refractivity contribution in [3.05, 3.63) is 34.2 Å². The lowest BCUT2D eigenvalue weighted by molar-refractivity contribution is -0.114. The molecule has 3 heteroatoms. The highest BCUT2D eigenvalue weighted by Gasteiger charge is 2.13. The lowest BCUT2D eigenvalue weighted by atomic mass is 10.1. The maximum atomic E-state index is 10.9. The summed E-state index contributed by atoms with van der Waals surface area (Å²) >= 11 is 3.24. The molecule has 0 saturated heterocycles. The van der Waals surface area contributed by atoms with Gasteiger partial charge in [-0.1, -0.05) is 5.57 Å². The van der Waals surface area contributed by atoms with E-state index in [1.165, 1.54) is 5.57 Å². The van der Waals surface area contributed by atoms with Gasteiger partial charge in [0, 0.05) is 12.8 Å². The molecule has 0 amide bonds. The van der Waals surface area contributed by atoms with E-state index in [0.717, 1.165) is 23.3 Å². The van der Waals surface area contributed by atoms with E-state index in [-0.39, 0.29) is 5.78 Å². The highest BCUT2D eigenvalue weighted by atomic mass is 79.9. The number of carbonyl (C=O) groups is 1. The molecule has 0 saturated carbocycles. The lowest BCUT2D eigenvalue weighted by Crippen LogP contribution is -1.83. The molecule has 68 valence electrons. The van der Waals surface area contributed by atoms with E-state index in [9.17, 15) is 4.79 Å². The fourth-order valence-corrected chi connectivity index (χ4v) is 1.81. The van der Waals surface area contributed by atoms with Crippen molar-refractivity contribution in [3.8, 4) is 0 Å². The smallest absolute Gasteiger partial charge is 0.169 e. The topological polar surface area (TPSA) is 30.2 Å². The van der Waals surface area contributed by atoms with E-state index >= 15 is 0 Å². The standard InChI is InChI=1S/C10H9BrO2/c11-10-4-3-9(13-10)6-7-1-2-8(12)5-7/h3-5H,1-2,6H2. The molecule has 1 aliphatic carbocycles. The summed E-state index contributed by atoms with van der Waals surface area (Å²) in [6, 6.07) is 3.79. The Morgan fingerprint density at radius 2 is 2.23 bits per heavy atom. The van der Waals surface area contributed by atoms with Gasteiger partial charge in [-0.05, 0) is 40.6 Å². The third-order valence-corrected chi connectivity index (χ3v) is 2.51. The molecule has 0 aliphatic heterocycles. The first-order valence-corrected chi connectivity index (χ1v) is 5.00. The second-order valence-electron chi connectivity index (χ2n) is 3.15. The molecule has 0 atom stereocenters. The minimum Gasteiger partial charge on any atom is -0.454 e. The zero-order chi connectivity index (χ0) is 9.26. The minimum atomic E-state index is 0.237. The van der Waals surface area contributed by atoms with Crippen molar-refractivity contribution in [3.63, 3.8) is 0 Å². The molecular formula is C10H9BrO2. The lowest BCUT2D eigenvalue weighted by Gasteiger charge is -1.95. The SMILES string of the molecule is O=C1C=C(Cc2ccc(Br)o2)CC1. The van der Waals surface area contributed by atoms with E-state index in [1.807, 2.05) is 12.1 Å². The van der Waals surface area contributed by atoms with Crippen LogP contribution in [0.4, 0.5) is 0 Å². The predicted molar refractivity (Wildman–Crippen MR) is 52.4 cm³/mol. The average Bonchev–Trinajstić information content (AvgIpc) is 2.62. The largest absolute Gasteiger partial charge is 0.454 e. The molecule has 2 rings (SSSR count). The molecule has 0 fully saturated rings. The second-order valence-corrected chi connectivity index (χ2v) is 3.93. The van der Waals surface area contributed by atoms with Gasteiger partial charge in [0.2, 0.25) is 0 Å². The van der Waals surface area contributed by atoms with Crippen molar-refractivity contribution in [1.82, 2.24) is 0 Å². The first kappa shape index (κ1) is 8.75. The molecule has 0 radical (unpaired) electrons. The molecule has 0 bridgehead atoms. The van der Waals surface area contributed by atoms with Crippen molar-refractivity contribution in [1.29, 1.82) is 0 Å². The molecule has 1 aromatic heterocycles. The fraction of sp³-hybridized carbons (Fsp3) is 0.300. The van der Waals surface area contributed by atoms with Crippen molar-refractivity contribution in [2.75, 3.05) is 0 Å². The number of carbonyl (C=O) groups excluding carboxylic acids is 1. The highest BCUT2D eigenvalue weighted by Crippen LogP contribution is 2.22. The number of allylic oxidation sites excluding steroid dienone is 2. The summed E-state index contributed by atoms with van der Waals surface area (Å²) in [5.41, 5.74) is 1.17. The zero-order valence-corrected chi connectivity index (χ0v) is 8.63. The third-order valence-electron chi connectivity index (χ3n) is 2.09. The number of rotatable bonds is 2. The normalized spacial score (nSPS) is 16.4. The Bertz CT molecular complexity index is 363. The van der Waals surface area contributed by atoms with Crippen LogP contribution in [0.25, 0.3) is 0 Å². The van der Waals surface area contributed by atoms with Crippen molar-refractivity contribution in [2.24, 2.45) is 0 Å². The average molecular weight is 241 g/mol. The van der Waals surface area contributed by atoms with Crippen molar-refractivity contribution in [2.45, 2.75) is 19.3 Å². The van der Waals surface area contributed by atoms with Gasteiger partial charge in [-0.2, -0.15) is 0 Å². The van der Waals surface area contributed by atoms with Crippen LogP contribution >= 0.6 is 15.9 Å². The summed E-state index contributed by atoms with van der Waals surface area (Å²) in [4.78, 5) is 10.9. The molecule has 0 N–H and O–H groups in total. The van der Waals surface area contributed by atoms with Gasteiger partial charge in [0.1, 0.15) is 5.76 Å². The highest BCUT2D eigenvalue weighted by molar-refractivity contribution is 9.10. The van der Waals surface area contributed by atoms with E-state index < -0.39 is 0 Å². The first-order valence-electron chi connectivity index (χ1n) is 4.20. The van der Waals surface area contributed by atoms with Gasteiger partial charge in [0.05, 0.1) is 0 Å². The van der Waals surface area contributed by atoms with Crippen LogP contribution in [-0.2, 0) is 11.2 Å². The second kappa shape index (κ2) is 3.50. The summed E-state index contributed by atoms with van der Waals surface area (Å²) in [6.07, 6.45) is 4.04. The Hall–Kier alpha value is -0.830. The van der Waals surface area contributed by atoms with Crippen LogP contribution in [0.2, 0.25) is 0 Å². The first-order chi connectivity index (χ1) is 6.24. The molecule has 1 aliphatic rings. The Morgan fingerprint density at radius 1 is 1.38 bits per heavy atom. The monoisotopic (exact) mass is 240 g/mol. The van der Waals surface area contributed by atoms with Crippen LogP contribution in [0.1, 0.15) is 18.6 Å². The quantitative estimate of drug-likeness (QED) is 0.796. The molecule has 0 aromatic carbocycles. The summed E-state index contributed by atoms with van der Waals surface area (Å²) in [5.74, 6) is 1.15. The Labute approximate surface area is 84.7 Å². The van der Waals surface area contributed by atoms with Gasteiger partial charge in [0.15, 0.2) is 10.5 Å². The maximum absolute atomic E-state index is 10.9. The van der Waals surface area contributed by atoms with Crippen LogP contribution in [0, 0.1) is 0 Å². The van der Waals surface area contributed by atoms with Gasteiger partial charge in [0.25, 0.3) is 0 Å². The minimum absolute atomic E-state index is 0.237. The third kappa shape index (κ3) is 2.10. The molecule has 1 aromatic rings. The van der Waals surface area contributed by atoms with Crippen LogP contribution in [0.3, 0.4) is 0 Å². The van der Waals surface area contributed by atoms with Crippen molar-refractivity contribution >= 4 is 21.7 Å². The number of hydrogen-bond donors (Lipinski definition) is 0. The number of halogens is 1. The van der Waals surface area contributed by atoms with E-state index in [4.69, 9.17) is 4.42 Å². The molecule has 0 spiro atoms. The fourth-order valence-electron chi connectivity index (χ4n) is 1.47. The van der Waals surface area contributed by atoms with E-state index in [2.05, 4.69) is 15.9 Å². The van der Waals surface area contributed by atoms with Crippen LogP contribution in [0.15, 0.2) is 32.9 Å². The molecular weight excluding hydrogens is 232 g/mol. The summed E-state index contributed by atoms with van der Waals surface area (Å²) in [6.45, 7) is 0. The number of hydrogen-bond acceptors (Lipinski definition) is 2. The maximum Gasteiger partial charge on any atom is 0.169 e. The van der Waals surface area contributed by atoms with Gasteiger partial charge < -0.3 is 4.42 Å². The van der Waals surface area contributed by atoms with E-state index in [0.29, 0.717) is 6.42 Å². The Kier molecular flexibility index (Phi) is 2.36. The Balaban J connectivity index is 2.06. The zero-order valence-electron chi connectivity index (χ0n) is 7.05. The molecule has 1 heterocycles. The van der Waals surface area contributed by atoms with E-state index in [1.54, 1.807) is 6.08 Å². The molecule has 0 unspecified atom stereocenters. The number of furan rings is 1. The van der Waals surface area contributed by atoms with Gasteiger partial charge in [-0.3, -0.25) is 4.79 Å². The number of ketones is 1.